The van der Waals surface area contributed by atoms with Crippen LogP contribution >= 0.6 is 0 Å². The van der Waals surface area contributed by atoms with Crippen LogP contribution in [0.3, 0.4) is 0 Å². The molecule has 3 N–H and O–H groups in total. The molecular weight excluding hydrogens is 815 g/mol. The van der Waals surface area contributed by atoms with Crippen molar-refractivity contribution in [3.05, 3.63) is 0 Å². The number of hydrogen-bond acceptors (Lipinski definition) is 5. The molecule has 2 atom stereocenters. The second-order valence-electron chi connectivity index (χ2n) is 21.1. The van der Waals surface area contributed by atoms with Crippen molar-refractivity contribution in [3.63, 3.8) is 0 Å². The monoisotopic (exact) mass is 934 g/mol. The Morgan fingerprint density at radius 3 is 0.924 bits per heavy atom. The van der Waals surface area contributed by atoms with E-state index >= 15 is 0 Å². The zero-order chi connectivity index (χ0) is 47.9. The predicted molar refractivity (Wildman–Crippen MR) is 287 cm³/mol. The number of nitrogens with one attached hydrogen (secondary N) is 1. The molecule has 0 aromatic heterocycles. The van der Waals surface area contributed by atoms with E-state index in [1.165, 1.54) is 276 Å². The quantitative estimate of drug-likeness (QED) is 0.0417. The van der Waals surface area contributed by atoms with Crippen molar-refractivity contribution in [2.45, 2.75) is 360 Å². The van der Waals surface area contributed by atoms with Crippen LogP contribution in [0.2, 0.25) is 0 Å². The van der Waals surface area contributed by atoms with Gasteiger partial charge in [-0.15, -0.1) is 0 Å². The molecule has 0 bridgehead atoms. The van der Waals surface area contributed by atoms with Gasteiger partial charge in [0.25, 0.3) is 0 Å². The van der Waals surface area contributed by atoms with Gasteiger partial charge in [-0.05, 0) is 25.7 Å². The topological polar surface area (TPSA) is 95.9 Å². The summed E-state index contributed by atoms with van der Waals surface area (Å²) < 4.78 is 5.48. The number of carbonyl (C=O) groups excluding carboxylic acids is 2. The highest BCUT2D eigenvalue weighted by molar-refractivity contribution is 5.76. The van der Waals surface area contributed by atoms with Crippen molar-refractivity contribution >= 4 is 11.9 Å². The molecule has 6 heteroatoms. The zero-order valence-corrected chi connectivity index (χ0v) is 45.0. The lowest BCUT2D eigenvalue weighted by Crippen LogP contribution is -2.45. The fraction of sp³-hybridized carbons (Fsp3) is 0.967. The number of esters is 1. The third-order valence-corrected chi connectivity index (χ3v) is 14.4. The summed E-state index contributed by atoms with van der Waals surface area (Å²) in [6.07, 6.45) is 65.2. The second-order valence-corrected chi connectivity index (χ2v) is 21.1. The smallest absolute Gasteiger partial charge is 0.305 e. The first-order valence-corrected chi connectivity index (χ1v) is 30.3. The molecule has 1 amide bonds. The van der Waals surface area contributed by atoms with Crippen molar-refractivity contribution in [1.82, 2.24) is 5.32 Å². The van der Waals surface area contributed by atoms with E-state index in [9.17, 15) is 19.8 Å². The van der Waals surface area contributed by atoms with E-state index in [0.717, 1.165) is 38.5 Å². The predicted octanol–water partition coefficient (Wildman–Crippen LogP) is 18.7. The fourth-order valence-electron chi connectivity index (χ4n) is 9.76. The number of carbonyl (C=O) groups is 2. The van der Waals surface area contributed by atoms with Gasteiger partial charge in [-0.25, -0.2) is 0 Å². The lowest BCUT2D eigenvalue weighted by molar-refractivity contribution is -0.143. The number of aliphatic hydroxyl groups excluding tert-OH is 2. The highest BCUT2D eigenvalue weighted by Gasteiger charge is 2.20. The number of rotatable bonds is 57. The molecule has 0 aliphatic carbocycles. The number of unbranched alkanes of at least 4 members (excludes halogenated alkanes) is 46. The van der Waals surface area contributed by atoms with Crippen molar-refractivity contribution in [3.8, 4) is 0 Å². The van der Waals surface area contributed by atoms with Gasteiger partial charge in [0.05, 0.1) is 25.4 Å². The van der Waals surface area contributed by atoms with Crippen LogP contribution in [0.1, 0.15) is 348 Å². The minimum absolute atomic E-state index is 0.00884. The van der Waals surface area contributed by atoms with Crippen molar-refractivity contribution < 1.29 is 24.5 Å². The van der Waals surface area contributed by atoms with E-state index < -0.39 is 12.1 Å². The van der Waals surface area contributed by atoms with Gasteiger partial charge < -0.3 is 20.3 Å². The third-order valence-electron chi connectivity index (χ3n) is 14.4. The van der Waals surface area contributed by atoms with E-state index in [2.05, 4.69) is 19.2 Å². The Hall–Kier alpha value is -1.14. The Morgan fingerprint density at radius 1 is 0.364 bits per heavy atom. The van der Waals surface area contributed by atoms with Gasteiger partial charge in [0, 0.05) is 12.8 Å². The normalized spacial score (nSPS) is 12.5. The van der Waals surface area contributed by atoms with Crippen LogP contribution < -0.4 is 5.32 Å². The van der Waals surface area contributed by atoms with Crippen LogP contribution in [0, 0.1) is 0 Å². The first-order chi connectivity index (χ1) is 32.5. The Kier molecular flexibility index (Phi) is 55.5. The minimum Gasteiger partial charge on any atom is -0.466 e. The van der Waals surface area contributed by atoms with E-state index in [-0.39, 0.29) is 18.5 Å². The van der Waals surface area contributed by atoms with Gasteiger partial charge in [0.2, 0.25) is 5.91 Å². The number of hydrogen-bond donors (Lipinski definition) is 3. The Morgan fingerprint density at radius 2 is 0.621 bits per heavy atom. The largest absolute Gasteiger partial charge is 0.466 e. The maximum Gasteiger partial charge on any atom is 0.305 e. The van der Waals surface area contributed by atoms with Crippen LogP contribution in [0.4, 0.5) is 0 Å². The molecule has 2 unspecified atom stereocenters. The first kappa shape index (κ1) is 64.9. The molecule has 6 nitrogen and oxygen atoms in total. The lowest BCUT2D eigenvalue weighted by Gasteiger charge is -2.22. The number of ether oxygens (including phenoxy) is 1. The Bertz CT molecular complexity index is 944. The highest BCUT2D eigenvalue weighted by atomic mass is 16.5. The Labute approximate surface area is 413 Å². The number of amides is 1. The van der Waals surface area contributed by atoms with Gasteiger partial charge in [0.1, 0.15) is 0 Å². The van der Waals surface area contributed by atoms with Crippen LogP contribution in [-0.2, 0) is 14.3 Å². The second kappa shape index (κ2) is 56.4. The molecule has 0 radical (unpaired) electrons. The molecule has 0 aliphatic rings. The van der Waals surface area contributed by atoms with Gasteiger partial charge in [0.15, 0.2) is 0 Å². The van der Waals surface area contributed by atoms with Crippen LogP contribution in [0.15, 0.2) is 0 Å². The molecular formula is C60H119NO5. The maximum atomic E-state index is 12.5. The van der Waals surface area contributed by atoms with E-state index in [0.29, 0.717) is 25.9 Å². The third kappa shape index (κ3) is 52.2. The molecule has 0 fully saturated rings. The van der Waals surface area contributed by atoms with Crippen molar-refractivity contribution in [2.75, 3.05) is 13.2 Å². The van der Waals surface area contributed by atoms with Gasteiger partial charge in [-0.3, -0.25) is 9.59 Å². The fourth-order valence-corrected chi connectivity index (χ4v) is 9.76. The summed E-state index contributed by atoms with van der Waals surface area (Å²) >= 11 is 0. The summed E-state index contributed by atoms with van der Waals surface area (Å²) in [6, 6.07) is -0.544. The minimum atomic E-state index is -0.667. The summed E-state index contributed by atoms with van der Waals surface area (Å²) in [5, 5.41) is 23.3. The van der Waals surface area contributed by atoms with Gasteiger partial charge >= 0.3 is 5.97 Å². The molecule has 0 spiro atoms. The molecule has 0 saturated carbocycles. The van der Waals surface area contributed by atoms with Gasteiger partial charge in [-0.2, -0.15) is 0 Å². The molecule has 0 saturated heterocycles. The molecule has 66 heavy (non-hydrogen) atoms. The van der Waals surface area contributed by atoms with Crippen molar-refractivity contribution in [2.24, 2.45) is 0 Å². The summed E-state index contributed by atoms with van der Waals surface area (Å²) in [7, 11) is 0. The van der Waals surface area contributed by atoms with Crippen LogP contribution in [-0.4, -0.2) is 47.4 Å². The number of aliphatic hydroxyl groups is 2. The molecule has 394 valence electrons. The molecule has 0 aromatic carbocycles. The summed E-state index contributed by atoms with van der Waals surface area (Å²) in [4.78, 5) is 24.5. The summed E-state index contributed by atoms with van der Waals surface area (Å²) in [5.41, 5.74) is 0. The standard InChI is InChI=1S/C60H119NO5/c1-3-5-7-9-11-13-15-17-19-20-22-25-28-32-36-40-44-48-52-58(63)57(56-62)61-59(64)53-49-45-41-37-33-29-26-23-21-24-27-31-35-39-43-47-51-55-66-60(65)54-50-46-42-38-34-30-18-16-14-12-10-8-6-4-2/h57-58,62-63H,3-56H2,1-2H3,(H,61,64). The average molecular weight is 935 g/mol. The summed E-state index contributed by atoms with van der Waals surface area (Å²) in [5.74, 6) is -0.0275. The Balaban J connectivity index is 3.40. The van der Waals surface area contributed by atoms with Crippen molar-refractivity contribution in [1.29, 1.82) is 0 Å². The van der Waals surface area contributed by atoms with Gasteiger partial charge in [-0.1, -0.05) is 309 Å². The molecule has 0 heterocycles. The molecule has 0 aliphatic heterocycles. The zero-order valence-electron chi connectivity index (χ0n) is 45.0. The SMILES string of the molecule is CCCCCCCCCCCCCCCCCCCCC(O)C(CO)NC(=O)CCCCCCCCCCCCCCCCCCCOC(=O)CCCCCCCCCCCCCCCC. The average Bonchev–Trinajstić information content (AvgIpc) is 3.32. The maximum absolute atomic E-state index is 12.5. The van der Waals surface area contributed by atoms with Crippen LogP contribution in [0.5, 0.6) is 0 Å². The van der Waals surface area contributed by atoms with E-state index in [4.69, 9.17) is 4.74 Å². The summed E-state index contributed by atoms with van der Waals surface area (Å²) in [6.45, 7) is 4.98. The molecule has 0 aromatic rings. The lowest BCUT2D eigenvalue weighted by atomic mass is 10.0. The molecule has 0 rings (SSSR count). The van der Waals surface area contributed by atoms with Crippen LogP contribution in [0.25, 0.3) is 0 Å². The van der Waals surface area contributed by atoms with E-state index in [1.54, 1.807) is 0 Å². The first-order valence-electron chi connectivity index (χ1n) is 30.3. The highest BCUT2D eigenvalue weighted by Crippen LogP contribution is 2.18. The van der Waals surface area contributed by atoms with E-state index in [1.807, 2.05) is 0 Å².